The number of carbonyl (C=O) groups is 1. The van der Waals surface area contributed by atoms with Gasteiger partial charge < -0.3 is 25.2 Å². The van der Waals surface area contributed by atoms with E-state index in [0.29, 0.717) is 61.4 Å². The van der Waals surface area contributed by atoms with Crippen LogP contribution in [0.4, 0.5) is 34.9 Å². The zero-order chi connectivity index (χ0) is 31.8. The molecule has 1 amide bonds. The van der Waals surface area contributed by atoms with Gasteiger partial charge in [0.1, 0.15) is 5.82 Å². The van der Waals surface area contributed by atoms with Crippen LogP contribution in [-0.2, 0) is 12.8 Å². The number of benzene rings is 1. The molecule has 1 aromatic carbocycles. The third kappa shape index (κ3) is 6.45. The molecule has 44 heavy (non-hydrogen) atoms. The van der Waals surface area contributed by atoms with Gasteiger partial charge in [0.2, 0.25) is 11.5 Å². The Labute approximate surface area is 251 Å². The lowest BCUT2D eigenvalue weighted by molar-refractivity contribution is -0.138. The molecule has 2 aromatic heterocycles. The van der Waals surface area contributed by atoms with Crippen LogP contribution in [0.5, 0.6) is 0 Å². The van der Waals surface area contributed by atoms with E-state index in [2.05, 4.69) is 25.2 Å². The summed E-state index contributed by atoms with van der Waals surface area (Å²) in [6.45, 7) is 5.69. The quantitative estimate of drug-likeness (QED) is 0.358. The number of piperazine rings is 1. The third-order valence-electron chi connectivity index (χ3n) is 8.22. The number of likely N-dealkylation sites (N-methyl/N-ethyl adjacent to an activating group) is 1. The maximum absolute atomic E-state index is 15.8. The fraction of sp³-hybridized carbons (Fsp3) is 0.400. The number of H-pyrrole nitrogens is 1. The van der Waals surface area contributed by atoms with Crippen LogP contribution in [0, 0.1) is 5.82 Å². The van der Waals surface area contributed by atoms with Crippen molar-refractivity contribution in [1.29, 1.82) is 0 Å². The van der Waals surface area contributed by atoms with Crippen LogP contribution in [0.15, 0.2) is 47.7 Å². The highest BCUT2D eigenvalue weighted by atomic mass is 19.4. The number of hydrogen-bond donors (Lipinski definition) is 3. The summed E-state index contributed by atoms with van der Waals surface area (Å²) in [7, 11) is 1.98. The van der Waals surface area contributed by atoms with E-state index in [-0.39, 0.29) is 29.9 Å². The Kier molecular flexibility index (Phi) is 8.75. The summed E-state index contributed by atoms with van der Waals surface area (Å²) >= 11 is 0. The first kappa shape index (κ1) is 31.1. The number of aliphatic hydroxyl groups is 1. The summed E-state index contributed by atoms with van der Waals surface area (Å²) in [6.07, 6.45) is 1.08. The first-order valence-electron chi connectivity index (χ1n) is 14.1. The third-order valence-corrected chi connectivity index (χ3v) is 8.22. The van der Waals surface area contributed by atoms with Crippen molar-refractivity contribution < 1.29 is 27.5 Å². The van der Waals surface area contributed by atoms with Gasteiger partial charge in [-0.1, -0.05) is 6.08 Å². The number of aromatic nitrogens is 3. The number of pyridine rings is 1. The summed E-state index contributed by atoms with van der Waals surface area (Å²) in [4.78, 5) is 41.6. The van der Waals surface area contributed by atoms with E-state index in [4.69, 9.17) is 0 Å². The smallest absolute Gasteiger partial charge is 0.392 e. The minimum absolute atomic E-state index is 0.0850. The Morgan fingerprint density at radius 1 is 1.11 bits per heavy atom. The van der Waals surface area contributed by atoms with Gasteiger partial charge in [-0.3, -0.25) is 14.5 Å². The van der Waals surface area contributed by atoms with Gasteiger partial charge in [0.25, 0.3) is 5.91 Å². The second-order valence-electron chi connectivity index (χ2n) is 11.2. The molecular weight excluding hydrogens is 582 g/mol. The molecule has 3 N–H and O–H groups in total. The molecule has 2 aliphatic rings. The lowest BCUT2D eigenvalue weighted by atomic mass is 9.97. The largest absolute Gasteiger partial charge is 0.417 e. The van der Waals surface area contributed by atoms with Crippen molar-refractivity contribution in [2.45, 2.75) is 45.1 Å². The molecule has 0 aliphatic carbocycles. The van der Waals surface area contributed by atoms with Gasteiger partial charge in [-0.05, 0) is 45.0 Å². The summed E-state index contributed by atoms with van der Waals surface area (Å²) < 4.78 is 57.1. The van der Waals surface area contributed by atoms with Gasteiger partial charge in [0.15, 0.2) is 0 Å². The van der Waals surface area contributed by atoms with E-state index in [9.17, 15) is 27.9 Å². The number of aliphatic hydroxyl groups excluding tert-OH is 1. The summed E-state index contributed by atoms with van der Waals surface area (Å²) in [5.74, 6) is -1.16. The summed E-state index contributed by atoms with van der Waals surface area (Å²) in [5, 5.41) is 11.8. The van der Waals surface area contributed by atoms with Crippen molar-refractivity contribution in [2.75, 3.05) is 48.3 Å². The number of aromatic amines is 1. The lowest BCUT2D eigenvalue weighted by Gasteiger charge is -2.44. The van der Waals surface area contributed by atoms with E-state index in [0.717, 1.165) is 6.20 Å². The van der Waals surface area contributed by atoms with Crippen LogP contribution in [0.2, 0.25) is 0 Å². The number of halogens is 4. The number of hydrogen-bond acceptors (Lipinski definition) is 8. The van der Waals surface area contributed by atoms with E-state index < -0.39 is 34.6 Å². The fourth-order valence-corrected chi connectivity index (χ4v) is 5.54. The molecule has 2 atom stereocenters. The van der Waals surface area contributed by atoms with Crippen molar-refractivity contribution in [3.8, 4) is 0 Å². The Morgan fingerprint density at radius 2 is 1.80 bits per heavy atom. The second-order valence-corrected chi connectivity index (χ2v) is 11.2. The van der Waals surface area contributed by atoms with E-state index in [1.54, 1.807) is 0 Å². The van der Waals surface area contributed by atoms with Gasteiger partial charge in [-0.25, -0.2) is 14.4 Å². The van der Waals surface area contributed by atoms with E-state index >= 15 is 4.39 Å². The molecule has 1 saturated heterocycles. The van der Waals surface area contributed by atoms with Crippen molar-refractivity contribution in [3.05, 3.63) is 81.3 Å². The Hall–Kier alpha value is -4.30. The molecule has 2 aliphatic heterocycles. The predicted octanol–water partition coefficient (Wildman–Crippen LogP) is 3.89. The number of nitrogens with zero attached hydrogens (tertiary/aromatic N) is 5. The SMILES string of the molecule is CC1CN(c2cc(F)c(C3=CCN(c4ncc(CO)cn4)CC3)cc2NC(=O)c2c[nH]c(=O)cc2C(F)(F)F)CC(C)N1C. The van der Waals surface area contributed by atoms with E-state index in [1.807, 2.05) is 36.8 Å². The molecular formula is C30H33F4N7O3. The van der Waals surface area contributed by atoms with Gasteiger partial charge in [-0.2, -0.15) is 13.2 Å². The van der Waals surface area contributed by atoms with Crippen LogP contribution in [-0.4, -0.2) is 76.2 Å². The molecule has 234 valence electrons. The van der Waals surface area contributed by atoms with Crippen LogP contribution in [0.25, 0.3) is 5.57 Å². The number of alkyl halides is 3. The van der Waals surface area contributed by atoms with Crippen LogP contribution >= 0.6 is 0 Å². The first-order chi connectivity index (χ1) is 20.8. The molecule has 10 nitrogen and oxygen atoms in total. The van der Waals surface area contributed by atoms with Crippen LogP contribution < -0.4 is 20.7 Å². The highest BCUT2D eigenvalue weighted by Gasteiger charge is 2.36. The highest BCUT2D eigenvalue weighted by Crippen LogP contribution is 2.37. The number of rotatable bonds is 6. The summed E-state index contributed by atoms with van der Waals surface area (Å²) in [6, 6.07) is 3.29. The molecule has 0 bridgehead atoms. The lowest BCUT2D eigenvalue weighted by Crippen LogP contribution is -2.55. The van der Waals surface area contributed by atoms with Gasteiger partial charge in [-0.15, -0.1) is 0 Å². The van der Waals surface area contributed by atoms with Crippen molar-refractivity contribution >= 4 is 28.8 Å². The molecule has 3 aromatic rings. The Bertz CT molecular complexity index is 1610. The summed E-state index contributed by atoms with van der Waals surface area (Å²) in [5.41, 5.74) is -1.16. The Balaban J connectivity index is 1.51. The van der Waals surface area contributed by atoms with Crippen LogP contribution in [0.1, 0.15) is 47.3 Å². The highest BCUT2D eigenvalue weighted by molar-refractivity contribution is 6.07. The molecule has 0 saturated carbocycles. The maximum atomic E-state index is 15.8. The zero-order valence-corrected chi connectivity index (χ0v) is 24.5. The molecule has 1 fully saturated rings. The normalized spacial score (nSPS) is 19.6. The first-order valence-corrected chi connectivity index (χ1v) is 14.1. The average molecular weight is 616 g/mol. The minimum atomic E-state index is -4.94. The molecule has 5 rings (SSSR count). The number of nitrogens with one attached hydrogen (secondary N) is 2. The molecule has 0 spiro atoms. The van der Waals surface area contributed by atoms with E-state index in [1.165, 1.54) is 24.5 Å². The predicted molar refractivity (Wildman–Crippen MR) is 158 cm³/mol. The molecule has 2 unspecified atom stereocenters. The van der Waals surface area contributed by atoms with Crippen molar-refractivity contribution in [3.63, 3.8) is 0 Å². The van der Waals surface area contributed by atoms with Crippen LogP contribution in [0.3, 0.4) is 0 Å². The molecule has 0 radical (unpaired) electrons. The zero-order valence-electron chi connectivity index (χ0n) is 24.5. The number of anilines is 3. The second kappa shape index (κ2) is 12.4. The van der Waals surface area contributed by atoms with Gasteiger partial charge >= 0.3 is 6.18 Å². The fourth-order valence-electron chi connectivity index (χ4n) is 5.54. The number of carbonyl (C=O) groups excluding carboxylic acids is 1. The number of amides is 1. The van der Waals surface area contributed by atoms with Crippen molar-refractivity contribution in [2.24, 2.45) is 0 Å². The Morgan fingerprint density at radius 3 is 2.39 bits per heavy atom. The van der Waals surface area contributed by atoms with Gasteiger partial charge in [0, 0.05) is 74.0 Å². The average Bonchev–Trinajstić information content (AvgIpc) is 3.00. The minimum Gasteiger partial charge on any atom is -0.392 e. The van der Waals surface area contributed by atoms with Gasteiger partial charge in [0.05, 0.1) is 29.1 Å². The maximum Gasteiger partial charge on any atom is 0.417 e. The standard InChI is InChI=1S/C30H33F4N7O3/c1-17-14-41(15-18(2)39(17)3)26-10-24(31)21(20-4-6-40(7-5-20)29-36-11-19(16-42)12-37-29)8-25(26)38-28(44)22-13-35-27(43)9-23(22)30(32,33)34/h4,8-13,17-18,42H,5-7,14-16H2,1-3H3,(H,35,43)(H,38,44). The molecule has 4 heterocycles. The van der Waals surface area contributed by atoms with Crippen molar-refractivity contribution in [1.82, 2.24) is 19.9 Å². The topological polar surface area (TPSA) is 118 Å². The molecule has 14 heteroatoms. The monoisotopic (exact) mass is 615 g/mol.